The smallest absolute Gasteiger partial charge is 0.400 e. The summed E-state index contributed by atoms with van der Waals surface area (Å²) >= 11 is 2.37. The summed E-state index contributed by atoms with van der Waals surface area (Å²) in [5, 5.41) is 0. The molecule has 24 bridgehead atoms. The lowest BCUT2D eigenvalue weighted by Crippen LogP contribution is -2.41. The van der Waals surface area contributed by atoms with Crippen molar-refractivity contribution in [3.8, 4) is 0 Å². The molecule has 4 aromatic carbocycles. The minimum absolute atomic E-state index is 0.210. The molecule has 4 saturated heterocycles. The van der Waals surface area contributed by atoms with E-state index in [1.54, 1.807) is 0 Å². The van der Waals surface area contributed by atoms with Gasteiger partial charge in [0, 0.05) is 43.5 Å². The summed E-state index contributed by atoms with van der Waals surface area (Å²) < 4.78 is 75.1. The summed E-state index contributed by atoms with van der Waals surface area (Å²) in [6.45, 7) is 18.1. The maximum Gasteiger partial charge on any atom is 0.497 e. The molecular weight excluding hydrogens is 820 g/mol. The first kappa shape index (κ1) is 36.8. The van der Waals surface area contributed by atoms with Crippen LogP contribution in [0.25, 0.3) is 22.1 Å². The van der Waals surface area contributed by atoms with Gasteiger partial charge in [0.05, 0.1) is 72.3 Å². The molecular formula is C44H40B4N4O8S2. The zero-order valence-corrected chi connectivity index (χ0v) is 37.1. The second kappa shape index (κ2) is 11.5. The molecule has 19 heterocycles. The predicted octanol–water partition coefficient (Wildman–Crippen LogP) is 4.58. The van der Waals surface area contributed by atoms with E-state index < -0.39 is 28.5 Å². The van der Waals surface area contributed by atoms with Crippen LogP contribution in [0.1, 0.15) is 124 Å². The average Bonchev–Trinajstić information content (AvgIpc) is 4.09. The first-order valence-corrected chi connectivity index (χ1v) is 23.3. The maximum atomic E-state index is 6.98. The van der Waals surface area contributed by atoms with Crippen LogP contribution in [0.4, 0.5) is 0 Å². The van der Waals surface area contributed by atoms with Gasteiger partial charge in [0.15, 0.2) is 0 Å². The Labute approximate surface area is 367 Å². The zero-order chi connectivity index (χ0) is 41.7. The Kier molecular flexibility index (Phi) is 6.79. The standard InChI is InChI=1S/C44H40B4N4O8S2/c1-41(2)21-13-18-22-14-17(21)33-37(41)57-45(53-33)25-9-10-26(30-29(25)49-61-50-30)47-55-35-19-15-24-20(16-23(19)43(5,6)39(35)59-47)36-40(44(24,7)8)60-48(56-36)28-12-11-27(31-32(28)52-62-51-31)46-54-34(18)38(58-46)42(22,3)4/h9-16,33-40H,1-8H3/t33-,34-,35+,36+,37-,38-,39+,40+. The van der Waals surface area contributed by atoms with Gasteiger partial charge in [-0.15, -0.1) is 0 Å². The molecule has 0 spiro atoms. The van der Waals surface area contributed by atoms with Crippen molar-refractivity contribution in [2.75, 3.05) is 0 Å². The number of rotatable bonds is 0. The molecule has 4 aliphatic carbocycles. The molecule has 62 heavy (non-hydrogen) atoms. The fourth-order valence-electron chi connectivity index (χ4n) is 13.1. The van der Waals surface area contributed by atoms with Gasteiger partial charge >= 0.3 is 28.5 Å². The van der Waals surface area contributed by atoms with Crippen LogP contribution in [0.3, 0.4) is 0 Å². The molecule has 8 atom stereocenters. The van der Waals surface area contributed by atoms with Gasteiger partial charge in [-0.05, 0) is 44.5 Å². The van der Waals surface area contributed by atoms with Crippen molar-refractivity contribution in [1.29, 1.82) is 0 Å². The number of hydrogen-bond donors (Lipinski definition) is 0. The Bertz CT molecular complexity index is 2650. The van der Waals surface area contributed by atoms with E-state index in [1.165, 1.54) is 45.7 Å². The molecule has 6 aromatic rings. The highest BCUT2D eigenvalue weighted by molar-refractivity contribution is 7.00. The number of hydrogen-bond acceptors (Lipinski definition) is 14. The second-order valence-electron chi connectivity index (χ2n) is 21.1. The van der Waals surface area contributed by atoms with Gasteiger partial charge in [-0.25, -0.2) is 0 Å². The van der Waals surface area contributed by atoms with Crippen LogP contribution in [0.2, 0.25) is 0 Å². The van der Waals surface area contributed by atoms with Gasteiger partial charge in [-0.3, -0.25) is 0 Å². The van der Waals surface area contributed by atoms with Crippen LogP contribution in [0.15, 0.2) is 48.5 Å². The lowest BCUT2D eigenvalue weighted by molar-refractivity contribution is 0.113. The van der Waals surface area contributed by atoms with E-state index in [0.717, 1.165) is 66.2 Å². The van der Waals surface area contributed by atoms with Gasteiger partial charge in [-0.1, -0.05) is 104 Å². The molecule has 18 heteroatoms. The van der Waals surface area contributed by atoms with E-state index in [2.05, 4.69) is 104 Å². The van der Waals surface area contributed by atoms with Gasteiger partial charge in [0.1, 0.15) is 22.1 Å². The summed E-state index contributed by atoms with van der Waals surface area (Å²) in [6, 6.07) is 17.6. The fourth-order valence-corrected chi connectivity index (χ4v) is 14.3. The van der Waals surface area contributed by atoms with Gasteiger partial charge in [-0.2, -0.15) is 17.5 Å². The predicted molar refractivity (Wildman–Crippen MR) is 236 cm³/mol. The molecule has 4 fully saturated rings. The Morgan fingerprint density at radius 1 is 0.371 bits per heavy atom. The third-order valence-corrected chi connectivity index (χ3v) is 17.6. The van der Waals surface area contributed by atoms with Gasteiger partial charge in [0.2, 0.25) is 0 Å². The maximum absolute atomic E-state index is 6.98. The molecule has 308 valence electrons. The first-order chi connectivity index (χ1) is 29.7. The van der Waals surface area contributed by atoms with Crippen molar-refractivity contribution in [3.63, 3.8) is 0 Å². The molecule has 0 saturated carbocycles. The van der Waals surface area contributed by atoms with Gasteiger partial charge < -0.3 is 37.2 Å². The van der Waals surface area contributed by atoms with E-state index in [-0.39, 0.29) is 70.5 Å². The molecule has 21 aliphatic rings. The van der Waals surface area contributed by atoms with E-state index in [0.29, 0.717) is 0 Å². The quantitative estimate of drug-likeness (QED) is 0.199. The van der Waals surface area contributed by atoms with Gasteiger partial charge in [0.25, 0.3) is 0 Å². The normalized spacial score (nSPS) is 32.4. The highest BCUT2D eigenvalue weighted by Crippen LogP contribution is 2.60. The number of fused-ring (bicyclic) bond motifs is 2. The van der Waals surface area contributed by atoms with Crippen LogP contribution >= 0.6 is 23.5 Å². The van der Waals surface area contributed by atoms with Crippen LogP contribution in [0, 0.1) is 0 Å². The van der Waals surface area contributed by atoms with E-state index in [4.69, 9.17) is 54.7 Å². The van der Waals surface area contributed by atoms with Crippen LogP contribution in [-0.2, 0) is 58.9 Å². The van der Waals surface area contributed by atoms with Crippen molar-refractivity contribution < 1.29 is 37.2 Å². The minimum Gasteiger partial charge on any atom is -0.400 e. The number of benzene rings is 4. The van der Waals surface area contributed by atoms with Crippen molar-refractivity contribution in [2.24, 2.45) is 0 Å². The molecule has 27 rings (SSSR count). The van der Waals surface area contributed by atoms with Crippen molar-refractivity contribution >= 4 is 95.8 Å². The summed E-state index contributed by atoms with van der Waals surface area (Å²) in [5.41, 5.74) is 14.5. The molecule has 0 amide bonds. The minimum atomic E-state index is -0.620. The highest BCUT2D eigenvalue weighted by atomic mass is 32.1. The third kappa shape index (κ3) is 4.24. The van der Waals surface area contributed by atoms with Crippen molar-refractivity contribution in [1.82, 2.24) is 17.5 Å². The summed E-state index contributed by atoms with van der Waals surface area (Å²) in [5.74, 6) is 0. The largest absolute Gasteiger partial charge is 0.497 e. The van der Waals surface area contributed by atoms with Crippen molar-refractivity contribution in [2.45, 2.75) is 126 Å². The first-order valence-electron chi connectivity index (χ1n) is 21.8. The zero-order valence-electron chi connectivity index (χ0n) is 35.4. The Hall–Kier alpha value is -3.54. The second-order valence-corrected chi connectivity index (χ2v) is 22.2. The molecule has 12 nitrogen and oxygen atoms in total. The Balaban J connectivity index is 0.898. The Morgan fingerprint density at radius 2 is 0.597 bits per heavy atom. The Morgan fingerprint density at radius 3 is 0.823 bits per heavy atom. The average molecular weight is 860 g/mol. The fraction of sp³-hybridized carbons (Fsp3) is 0.455. The van der Waals surface area contributed by atoms with Crippen molar-refractivity contribution in [3.05, 3.63) is 93.0 Å². The number of nitrogens with zero attached hydrogens (tertiary/aromatic N) is 4. The summed E-state index contributed by atoms with van der Waals surface area (Å²) in [6.07, 6.45) is -1.89. The van der Waals surface area contributed by atoms with Crippen LogP contribution in [-0.4, -0.2) is 70.4 Å². The SMILES string of the molecule is CC1(C)c2cc3c4cc2[C@H]2OB(O[C@H]21)c1ccc(c2nsnc12)B1O[C@H]2c5cc6c(cc5C(C)(C)[C@H]2O1)[C@@H]1OB(O[C@@H]1C6(C)C)c1ccc(c2nsnc12)B1O[C@H]3[C@@H](O1)C4(C)C. The third-order valence-electron chi connectivity index (χ3n) is 16.5. The topological polar surface area (TPSA) is 125 Å². The highest BCUT2D eigenvalue weighted by Gasteiger charge is 2.63. The molecule has 0 radical (unpaired) electrons. The molecule has 0 unspecified atom stereocenters. The van der Waals surface area contributed by atoms with E-state index in [9.17, 15) is 0 Å². The number of aromatic nitrogens is 4. The monoisotopic (exact) mass is 860 g/mol. The van der Waals surface area contributed by atoms with Crippen LogP contribution < -0.4 is 21.9 Å². The summed E-state index contributed by atoms with van der Waals surface area (Å²) in [4.78, 5) is 0. The van der Waals surface area contributed by atoms with E-state index in [1.807, 2.05) is 0 Å². The lowest BCUT2D eigenvalue weighted by atomic mass is 9.71. The molecule has 17 aliphatic heterocycles. The molecule has 2 aromatic heterocycles. The molecule has 0 N–H and O–H groups in total. The lowest BCUT2D eigenvalue weighted by Gasteiger charge is -2.28. The van der Waals surface area contributed by atoms with Crippen LogP contribution in [0.5, 0.6) is 0 Å². The van der Waals surface area contributed by atoms with E-state index >= 15 is 0 Å². The summed E-state index contributed by atoms with van der Waals surface area (Å²) in [7, 11) is -2.48.